The molecule has 1 nitrogen and oxygen atoms in total. The van der Waals surface area contributed by atoms with Gasteiger partial charge in [0.1, 0.15) is 0 Å². The van der Waals surface area contributed by atoms with Crippen molar-refractivity contribution in [1.29, 1.82) is 0 Å². The number of hydrogen-bond donors (Lipinski definition) is 0. The van der Waals surface area contributed by atoms with Crippen molar-refractivity contribution in [1.82, 2.24) is 0 Å². The molecule has 0 bridgehead atoms. The van der Waals surface area contributed by atoms with Crippen LogP contribution in [0.1, 0.15) is 32.1 Å². The fourth-order valence-electron chi connectivity index (χ4n) is 1.53. The van der Waals surface area contributed by atoms with E-state index in [-0.39, 0.29) is 0 Å². The topological polar surface area (TPSA) is 17.1 Å². The number of thioether (sulfide) groups is 1. The summed E-state index contributed by atoms with van der Waals surface area (Å²) in [5.74, 6) is 1.90. The molecule has 0 saturated heterocycles. The average Bonchev–Trinajstić information content (AvgIpc) is 2.03. The number of hydrogen-bond acceptors (Lipinski definition) is 2. The molecule has 58 valence electrons. The fourth-order valence-corrected chi connectivity index (χ4v) is 2.21. The minimum atomic E-state index is 0.837. The van der Waals surface area contributed by atoms with Crippen LogP contribution in [0.3, 0.4) is 0 Å². The van der Waals surface area contributed by atoms with Gasteiger partial charge in [-0.05, 0) is 18.8 Å². The minimum Gasteiger partial charge on any atom is -0.291 e. The van der Waals surface area contributed by atoms with Crippen molar-refractivity contribution in [2.45, 2.75) is 32.1 Å². The second kappa shape index (κ2) is 4.78. The minimum absolute atomic E-state index is 0.837. The number of rotatable bonds is 3. The van der Waals surface area contributed by atoms with Crippen LogP contribution in [-0.4, -0.2) is 11.4 Å². The molecule has 1 fully saturated rings. The maximum Gasteiger partial charge on any atom is 0.176 e. The summed E-state index contributed by atoms with van der Waals surface area (Å²) >= 11 is 1.43. The third-order valence-electron chi connectivity index (χ3n) is 2.12. The largest absolute Gasteiger partial charge is 0.291 e. The van der Waals surface area contributed by atoms with E-state index in [0.717, 1.165) is 17.3 Å². The van der Waals surface area contributed by atoms with Gasteiger partial charge in [0.2, 0.25) is 0 Å². The molecular formula is C8H14OS. The van der Waals surface area contributed by atoms with Gasteiger partial charge in [0, 0.05) is 5.75 Å². The van der Waals surface area contributed by atoms with Crippen molar-refractivity contribution in [3.8, 4) is 0 Å². The lowest BCUT2D eigenvalue weighted by Gasteiger charge is -2.19. The highest BCUT2D eigenvalue weighted by Crippen LogP contribution is 2.25. The van der Waals surface area contributed by atoms with Crippen LogP contribution in [0.4, 0.5) is 0 Å². The maximum absolute atomic E-state index is 10.0. The van der Waals surface area contributed by atoms with Gasteiger partial charge in [-0.1, -0.05) is 31.0 Å². The van der Waals surface area contributed by atoms with Crippen molar-refractivity contribution in [3.05, 3.63) is 0 Å². The highest BCUT2D eigenvalue weighted by atomic mass is 32.2. The van der Waals surface area contributed by atoms with Crippen LogP contribution in [0.15, 0.2) is 0 Å². The lowest BCUT2D eigenvalue weighted by molar-refractivity contribution is 0.391. The molecular weight excluding hydrogens is 144 g/mol. The molecule has 0 atom stereocenters. The van der Waals surface area contributed by atoms with E-state index in [1.165, 1.54) is 43.9 Å². The van der Waals surface area contributed by atoms with E-state index in [2.05, 4.69) is 0 Å². The molecule has 0 N–H and O–H groups in total. The first-order chi connectivity index (χ1) is 4.93. The summed E-state index contributed by atoms with van der Waals surface area (Å²) in [6, 6.07) is 0. The second-order valence-electron chi connectivity index (χ2n) is 2.93. The standard InChI is InChI=1S/C8H14OS/c9-7-10-6-8-4-2-1-3-5-8/h7-8H,1-6H2. The molecule has 1 saturated carbocycles. The molecule has 0 aromatic heterocycles. The van der Waals surface area contributed by atoms with Crippen molar-refractivity contribution < 1.29 is 4.79 Å². The summed E-state index contributed by atoms with van der Waals surface area (Å²) in [7, 11) is 0. The first-order valence-electron chi connectivity index (χ1n) is 3.98. The van der Waals surface area contributed by atoms with Crippen LogP contribution in [0.5, 0.6) is 0 Å². The lowest BCUT2D eigenvalue weighted by Crippen LogP contribution is -2.08. The van der Waals surface area contributed by atoms with Crippen LogP contribution in [0, 0.1) is 5.92 Å². The third-order valence-corrected chi connectivity index (χ3v) is 2.92. The first-order valence-corrected chi connectivity index (χ1v) is 5.03. The van der Waals surface area contributed by atoms with E-state index < -0.39 is 0 Å². The van der Waals surface area contributed by atoms with Gasteiger partial charge in [0.05, 0.1) is 0 Å². The molecule has 1 aliphatic rings. The van der Waals surface area contributed by atoms with Gasteiger partial charge in [-0.2, -0.15) is 0 Å². The number of carbonyl (C=O) groups is 1. The average molecular weight is 158 g/mol. The van der Waals surface area contributed by atoms with Crippen molar-refractivity contribution in [2.24, 2.45) is 5.92 Å². The molecule has 0 aromatic carbocycles. The monoisotopic (exact) mass is 158 g/mol. The summed E-state index contributed by atoms with van der Waals surface area (Å²) in [4.78, 5) is 10.0. The Bertz CT molecular complexity index is 97.4. The Morgan fingerprint density at radius 1 is 1.30 bits per heavy atom. The van der Waals surface area contributed by atoms with Gasteiger partial charge in [-0.25, -0.2) is 0 Å². The van der Waals surface area contributed by atoms with Crippen LogP contribution in [-0.2, 0) is 4.79 Å². The number of carbonyl (C=O) groups excluding carboxylic acids is 1. The molecule has 0 aliphatic heterocycles. The molecule has 1 rings (SSSR count). The van der Waals surface area contributed by atoms with Gasteiger partial charge in [-0.15, -0.1) is 0 Å². The highest BCUT2D eigenvalue weighted by Gasteiger charge is 2.12. The Hall–Kier alpha value is 0.0200. The van der Waals surface area contributed by atoms with Gasteiger partial charge in [0.15, 0.2) is 5.62 Å². The van der Waals surface area contributed by atoms with Crippen LogP contribution in [0.2, 0.25) is 0 Å². The van der Waals surface area contributed by atoms with E-state index in [9.17, 15) is 4.79 Å². The van der Waals surface area contributed by atoms with Gasteiger partial charge in [-0.3, -0.25) is 4.79 Å². The Balaban J connectivity index is 2.07. The molecule has 10 heavy (non-hydrogen) atoms. The summed E-state index contributed by atoms with van der Waals surface area (Å²) in [6.07, 6.45) is 6.86. The van der Waals surface area contributed by atoms with Gasteiger partial charge >= 0.3 is 0 Å². The molecule has 1 aliphatic carbocycles. The zero-order valence-electron chi connectivity index (χ0n) is 6.21. The molecule has 2 heteroatoms. The predicted molar refractivity (Wildman–Crippen MR) is 45.8 cm³/mol. The Labute approximate surface area is 66.6 Å². The molecule has 0 spiro atoms. The molecule has 0 radical (unpaired) electrons. The van der Waals surface area contributed by atoms with E-state index in [1.807, 2.05) is 0 Å². The van der Waals surface area contributed by atoms with E-state index >= 15 is 0 Å². The van der Waals surface area contributed by atoms with Crippen molar-refractivity contribution in [2.75, 3.05) is 5.75 Å². The summed E-state index contributed by atoms with van der Waals surface area (Å²) in [5.41, 5.74) is 0.967. The predicted octanol–water partition coefficient (Wildman–Crippen LogP) is 2.49. The van der Waals surface area contributed by atoms with Gasteiger partial charge in [0.25, 0.3) is 0 Å². The molecule has 0 unspecified atom stereocenters. The zero-order chi connectivity index (χ0) is 7.23. The molecule has 0 amide bonds. The molecule has 0 heterocycles. The molecule has 0 aromatic rings. The summed E-state index contributed by atoms with van der Waals surface area (Å²) in [5, 5.41) is 0. The quantitative estimate of drug-likeness (QED) is 0.587. The summed E-state index contributed by atoms with van der Waals surface area (Å²) in [6.45, 7) is 0. The van der Waals surface area contributed by atoms with E-state index in [4.69, 9.17) is 0 Å². The lowest BCUT2D eigenvalue weighted by atomic mass is 9.91. The van der Waals surface area contributed by atoms with E-state index in [1.54, 1.807) is 0 Å². The third kappa shape index (κ3) is 2.74. The normalized spacial score (nSPS) is 20.8. The van der Waals surface area contributed by atoms with Crippen LogP contribution >= 0.6 is 11.8 Å². The van der Waals surface area contributed by atoms with E-state index in [0.29, 0.717) is 0 Å². The Morgan fingerprint density at radius 3 is 2.60 bits per heavy atom. The SMILES string of the molecule is O=CSCC1CCCCC1. The summed E-state index contributed by atoms with van der Waals surface area (Å²) < 4.78 is 0. The maximum atomic E-state index is 10.0. The zero-order valence-corrected chi connectivity index (χ0v) is 7.03. The van der Waals surface area contributed by atoms with Crippen molar-refractivity contribution >= 4 is 17.4 Å². The Kier molecular flexibility index (Phi) is 3.88. The highest BCUT2D eigenvalue weighted by molar-refractivity contribution is 8.11. The Morgan fingerprint density at radius 2 is 2.00 bits per heavy atom. The van der Waals surface area contributed by atoms with Crippen molar-refractivity contribution in [3.63, 3.8) is 0 Å². The first kappa shape index (κ1) is 8.12. The second-order valence-corrected chi connectivity index (χ2v) is 3.79. The van der Waals surface area contributed by atoms with Gasteiger partial charge < -0.3 is 0 Å². The van der Waals surface area contributed by atoms with Crippen LogP contribution in [0.25, 0.3) is 0 Å². The van der Waals surface area contributed by atoms with Crippen LogP contribution < -0.4 is 0 Å². The fraction of sp³-hybridized carbons (Fsp3) is 0.875. The smallest absolute Gasteiger partial charge is 0.176 e.